The van der Waals surface area contributed by atoms with Crippen LogP contribution in [0.25, 0.3) is 0 Å². The summed E-state index contributed by atoms with van der Waals surface area (Å²) >= 11 is 0. The number of carbonyl (C=O) groups excluding carboxylic acids is 1. The van der Waals surface area contributed by atoms with Crippen molar-refractivity contribution < 1.29 is 4.79 Å². The second-order valence-corrected chi connectivity index (χ2v) is 5.22. The summed E-state index contributed by atoms with van der Waals surface area (Å²) in [5.74, 6) is 0.0689. The number of pyridine rings is 1. The van der Waals surface area contributed by atoms with Crippen molar-refractivity contribution >= 4 is 5.91 Å². The van der Waals surface area contributed by atoms with Crippen LogP contribution < -0.4 is 10.9 Å². The van der Waals surface area contributed by atoms with Gasteiger partial charge in [0.1, 0.15) is 5.56 Å². The molecule has 0 radical (unpaired) electrons. The molecule has 2 atom stereocenters. The Balaban J connectivity index is 1.68. The molecule has 2 N–H and O–H groups in total. The zero-order valence-electron chi connectivity index (χ0n) is 11.2. The lowest BCUT2D eigenvalue weighted by atomic mass is 10.1. The third-order valence-corrected chi connectivity index (χ3v) is 3.63. The van der Waals surface area contributed by atoms with E-state index in [1.165, 1.54) is 5.56 Å². The van der Waals surface area contributed by atoms with E-state index in [1.807, 2.05) is 18.2 Å². The SMILES string of the molecule is Cc1ccc(C(=O)N[C@H]2C[C@H]2c2ccccc2)c(=O)[nH]1. The molecule has 0 aliphatic heterocycles. The molecule has 0 unspecified atom stereocenters. The topological polar surface area (TPSA) is 62.0 Å². The number of aromatic nitrogens is 1. The molecule has 1 aliphatic carbocycles. The lowest BCUT2D eigenvalue weighted by molar-refractivity contribution is 0.0949. The normalized spacial score (nSPS) is 20.4. The second kappa shape index (κ2) is 4.96. The molecule has 0 bridgehead atoms. The van der Waals surface area contributed by atoms with Crippen LogP contribution in [-0.2, 0) is 0 Å². The van der Waals surface area contributed by atoms with Gasteiger partial charge in [-0.05, 0) is 31.0 Å². The van der Waals surface area contributed by atoms with Crippen molar-refractivity contribution in [3.05, 3.63) is 69.6 Å². The Morgan fingerprint density at radius 1 is 1.20 bits per heavy atom. The molecule has 2 aromatic rings. The summed E-state index contributed by atoms with van der Waals surface area (Å²) in [6, 6.07) is 13.5. The molecule has 1 aromatic carbocycles. The van der Waals surface area contributed by atoms with Crippen LogP contribution in [0.3, 0.4) is 0 Å². The first-order chi connectivity index (χ1) is 9.65. The molecule has 1 amide bonds. The highest BCUT2D eigenvalue weighted by atomic mass is 16.2. The van der Waals surface area contributed by atoms with Crippen molar-refractivity contribution in [2.45, 2.75) is 25.3 Å². The maximum atomic E-state index is 12.1. The first-order valence-corrected chi connectivity index (χ1v) is 6.71. The van der Waals surface area contributed by atoms with Gasteiger partial charge < -0.3 is 10.3 Å². The van der Waals surface area contributed by atoms with Gasteiger partial charge in [0, 0.05) is 17.7 Å². The average molecular weight is 268 g/mol. The fourth-order valence-corrected chi connectivity index (χ4v) is 2.42. The monoisotopic (exact) mass is 268 g/mol. The largest absolute Gasteiger partial charge is 0.348 e. The van der Waals surface area contributed by atoms with Crippen LogP contribution in [0.15, 0.2) is 47.3 Å². The van der Waals surface area contributed by atoms with Crippen LogP contribution in [0.4, 0.5) is 0 Å². The van der Waals surface area contributed by atoms with Gasteiger partial charge in [-0.15, -0.1) is 0 Å². The maximum Gasteiger partial charge on any atom is 0.260 e. The molecule has 1 saturated carbocycles. The molecular formula is C16H16N2O2. The van der Waals surface area contributed by atoms with Crippen molar-refractivity contribution in [1.29, 1.82) is 0 Å². The predicted molar refractivity (Wildman–Crippen MR) is 76.9 cm³/mol. The summed E-state index contributed by atoms with van der Waals surface area (Å²) in [5.41, 5.74) is 1.82. The van der Waals surface area contributed by atoms with Crippen LogP contribution in [0, 0.1) is 6.92 Å². The number of H-pyrrole nitrogens is 1. The smallest absolute Gasteiger partial charge is 0.260 e. The van der Waals surface area contributed by atoms with Crippen LogP contribution in [0.2, 0.25) is 0 Å². The average Bonchev–Trinajstić information content (AvgIpc) is 3.18. The zero-order valence-corrected chi connectivity index (χ0v) is 11.2. The summed E-state index contributed by atoms with van der Waals surface area (Å²) in [4.78, 5) is 26.4. The Hall–Kier alpha value is -2.36. The van der Waals surface area contributed by atoms with Crippen molar-refractivity contribution in [2.24, 2.45) is 0 Å². The Morgan fingerprint density at radius 2 is 1.95 bits per heavy atom. The van der Waals surface area contributed by atoms with E-state index in [0.717, 1.165) is 12.1 Å². The summed E-state index contributed by atoms with van der Waals surface area (Å²) in [6.07, 6.45) is 0.930. The summed E-state index contributed by atoms with van der Waals surface area (Å²) in [5, 5.41) is 2.92. The van der Waals surface area contributed by atoms with Crippen molar-refractivity contribution in [2.75, 3.05) is 0 Å². The molecule has 1 aromatic heterocycles. The highest BCUT2D eigenvalue weighted by molar-refractivity contribution is 5.94. The number of hydrogen-bond acceptors (Lipinski definition) is 2. The molecule has 0 saturated heterocycles. The van der Waals surface area contributed by atoms with Gasteiger partial charge in [-0.25, -0.2) is 0 Å². The minimum absolute atomic E-state index is 0.130. The lowest BCUT2D eigenvalue weighted by Gasteiger charge is -2.05. The summed E-state index contributed by atoms with van der Waals surface area (Å²) < 4.78 is 0. The molecule has 4 heteroatoms. The Labute approximate surface area is 116 Å². The van der Waals surface area contributed by atoms with Crippen molar-refractivity contribution in [3.63, 3.8) is 0 Å². The van der Waals surface area contributed by atoms with Crippen molar-refractivity contribution in [1.82, 2.24) is 10.3 Å². The van der Waals surface area contributed by atoms with E-state index in [-0.39, 0.29) is 23.1 Å². The molecule has 1 aliphatic rings. The molecule has 4 nitrogen and oxygen atoms in total. The third kappa shape index (κ3) is 2.50. The number of nitrogens with one attached hydrogen (secondary N) is 2. The highest BCUT2D eigenvalue weighted by Gasteiger charge is 2.39. The fourth-order valence-electron chi connectivity index (χ4n) is 2.42. The van der Waals surface area contributed by atoms with E-state index in [9.17, 15) is 9.59 Å². The molecule has 102 valence electrons. The fraction of sp³-hybridized carbons (Fsp3) is 0.250. The van der Waals surface area contributed by atoms with Gasteiger partial charge in [0.25, 0.3) is 11.5 Å². The first kappa shape index (κ1) is 12.7. The molecular weight excluding hydrogens is 252 g/mol. The quantitative estimate of drug-likeness (QED) is 0.894. The highest BCUT2D eigenvalue weighted by Crippen LogP contribution is 2.40. The summed E-state index contributed by atoms with van der Waals surface area (Å²) in [7, 11) is 0. The van der Waals surface area contributed by atoms with E-state index in [0.29, 0.717) is 5.92 Å². The molecule has 0 spiro atoms. The standard InChI is InChI=1S/C16H16N2O2/c1-10-7-8-12(15(19)17-10)16(20)18-14-9-13(14)11-5-3-2-4-6-11/h2-8,13-14H,9H2,1H3,(H,17,19)(H,18,20)/t13-,14-/m0/s1. The van der Waals surface area contributed by atoms with Gasteiger partial charge >= 0.3 is 0 Å². The van der Waals surface area contributed by atoms with E-state index in [2.05, 4.69) is 22.4 Å². The molecule has 1 fully saturated rings. The zero-order chi connectivity index (χ0) is 14.1. The molecule has 3 rings (SSSR count). The Bertz CT molecular complexity index is 691. The van der Waals surface area contributed by atoms with Crippen LogP contribution in [-0.4, -0.2) is 16.9 Å². The number of carbonyl (C=O) groups is 1. The minimum Gasteiger partial charge on any atom is -0.348 e. The van der Waals surface area contributed by atoms with Crippen LogP contribution >= 0.6 is 0 Å². The van der Waals surface area contributed by atoms with E-state index in [1.54, 1.807) is 19.1 Å². The predicted octanol–water partition coefficient (Wildman–Crippen LogP) is 1.97. The number of aromatic amines is 1. The number of benzene rings is 1. The van der Waals surface area contributed by atoms with Gasteiger partial charge in [0.15, 0.2) is 0 Å². The van der Waals surface area contributed by atoms with Gasteiger partial charge in [0.2, 0.25) is 0 Å². The van der Waals surface area contributed by atoms with Gasteiger partial charge in [-0.2, -0.15) is 0 Å². The van der Waals surface area contributed by atoms with Crippen molar-refractivity contribution in [3.8, 4) is 0 Å². The van der Waals surface area contributed by atoms with Gasteiger partial charge in [-0.1, -0.05) is 30.3 Å². The van der Waals surface area contributed by atoms with E-state index < -0.39 is 0 Å². The molecule has 1 heterocycles. The van der Waals surface area contributed by atoms with E-state index in [4.69, 9.17) is 0 Å². The lowest BCUT2D eigenvalue weighted by Crippen LogP contribution is -2.31. The number of rotatable bonds is 3. The summed E-state index contributed by atoms with van der Waals surface area (Å²) in [6.45, 7) is 1.79. The number of hydrogen-bond donors (Lipinski definition) is 2. The molecule has 20 heavy (non-hydrogen) atoms. The number of aryl methyl sites for hydroxylation is 1. The maximum absolute atomic E-state index is 12.1. The Kier molecular flexibility index (Phi) is 3.14. The van der Waals surface area contributed by atoms with Crippen LogP contribution in [0.1, 0.15) is 34.0 Å². The van der Waals surface area contributed by atoms with Gasteiger partial charge in [0.05, 0.1) is 0 Å². The second-order valence-electron chi connectivity index (χ2n) is 5.22. The number of amides is 1. The third-order valence-electron chi connectivity index (χ3n) is 3.63. The first-order valence-electron chi connectivity index (χ1n) is 6.71. The minimum atomic E-state index is -0.334. The van der Waals surface area contributed by atoms with Crippen LogP contribution in [0.5, 0.6) is 0 Å². The Morgan fingerprint density at radius 3 is 2.65 bits per heavy atom. The van der Waals surface area contributed by atoms with E-state index >= 15 is 0 Å². The van der Waals surface area contributed by atoms with Gasteiger partial charge in [-0.3, -0.25) is 9.59 Å².